The van der Waals surface area contributed by atoms with Crippen molar-refractivity contribution in [2.75, 3.05) is 19.0 Å². The van der Waals surface area contributed by atoms with Gasteiger partial charge in [-0.2, -0.15) is 20.1 Å². The summed E-state index contributed by atoms with van der Waals surface area (Å²) in [6, 6.07) is 2.27. The van der Waals surface area contributed by atoms with Crippen molar-refractivity contribution in [2.24, 2.45) is 0 Å². The topological polar surface area (TPSA) is 77.8 Å². The number of nitrogens with one attached hydrogen (secondary N) is 1. The molecule has 0 aliphatic rings. The van der Waals surface area contributed by atoms with E-state index in [1.807, 2.05) is 19.2 Å². The van der Waals surface area contributed by atoms with Crippen LogP contribution in [0.15, 0.2) is 12.3 Å². The van der Waals surface area contributed by atoms with Crippen molar-refractivity contribution in [2.45, 2.75) is 33.1 Å². The van der Waals surface area contributed by atoms with E-state index in [4.69, 9.17) is 4.74 Å². The number of hydrogen-bond acceptors (Lipinski definition) is 6. The van der Waals surface area contributed by atoms with E-state index in [1.165, 1.54) is 0 Å². The van der Waals surface area contributed by atoms with Crippen LogP contribution in [-0.2, 0) is 0 Å². The van der Waals surface area contributed by atoms with Crippen LogP contribution < -0.4 is 10.1 Å². The van der Waals surface area contributed by atoms with Crippen molar-refractivity contribution in [1.29, 1.82) is 0 Å². The first-order valence-corrected chi connectivity index (χ1v) is 6.76. The Labute approximate surface area is 118 Å². The fraction of sp³-hybridized carbons (Fsp3) is 0.538. The van der Waals surface area contributed by atoms with E-state index in [0.29, 0.717) is 30.4 Å². The number of anilines is 1. The van der Waals surface area contributed by atoms with Gasteiger partial charge in [-0.3, -0.25) is 0 Å². The van der Waals surface area contributed by atoms with Crippen molar-refractivity contribution in [3.63, 3.8) is 0 Å². The third kappa shape index (κ3) is 3.23. The minimum atomic E-state index is 0.308. The van der Waals surface area contributed by atoms with E-state index < -0.39 is 0 Å². The standard InChI is InChI=1S/C13H20N6O/c1-5-8-20-13-16-11(14-4)15-12(17-13)19-7-6-10(18-19)9(2)3/h6-7,9H,5,8H2,1-4H3,(H,14,15,16,17). The summed E-state index contributed by atoms with van der Waals surface area (Å²) < 4.78 is 7.11. The van der Waals surface area contributed by atoms with Gasteiger partial charge in [-0.1, -0.05) is 20.8 Å². The normalized spacial score (nSPS) is 10.8. The number of rotatable bonds is 6. The first kappa shape index (κ1) is 14.2. The summed E-state index contributed by atoms with van der Waals surface area (Å²) in [6.07, 6.45) is 2.74. The summed E-state index contributed by atoms with van der Waals surface area (Å²) in [6.45, 7) is 6.79. The lowest BCUT2D eigenvalue weighted by molar-refractivity contribution is 0.291. The van der Waals surface area contributed by atoms with Gasteiger partial charge in [0.25, 0.3) is 5.95 Å². The van der Waals surface area contributed by atoms with Gasteiger partial charge < -0.3 is 10.1 Å². The maximum Gasteiger partial charge on any atom is 0.323 e. The first-order chi connectivity index (χ1) is 9.63. The molecule has 0 radical (unpaired) electrons. The van der Waals surface area contributed by atoms with Gasteiger partial charge in [0, 0.05) is 13.2 Å². The number of aromatic nitrogens is 5. The molecule has 2 aromatic heterocycles. The van der Waals surface area contributed by atoms with E-state index in [1.54, 1.807) is 11.7 Å². The Kier molecular flexibility index (Phi) is 4.49. The summed E-state index contributed by atoms with van der Waals surface area (Å²) >= 11 is 0. The molecule has 0 spiro atoms. The zero-order chi connectivity index (χ0) is 14.5. The molecular formula is C13H20N6O. The zero-order valence-corrected chi connectivity index (χ0v) is 12.3. The molecule has 0 aliphatic heterocycles. The molecule has 0 atom stereocenters. The molecule has 2 heterocycles. The van der Waals surface area contributed by atoms with Gasteiger partial charge >= 0.3 is 6.01 Å². The Bertz CT molecular complexity index is 566. The van der Waals surface area contributed by atoms with Gasteiger partial charge in [0.2, 0.25) is 5.95 Å². The van der Waals surface area contributed by atoms with Crippen molar-refractivity contribution in [1.82, 2.24) is 24.7 Å². The van der Waals surface area contributed by atoms with Crippen LogP contribution in [0.25, 0.3) is 5.95 Å². The van der Waals surface area contributed by atoms with Crippen molar-refractivity contribution in [3.05, 3.63) is 18.0 Å². The van der Waals surface area contributed by atoms with Gasteiger partial charge in [0.1, 0.15) is 0 Å². The van der Waals surface area contributed by atoms with E-state index in [9.17, 15) is 0 Å². The lowest BCUT2D eigenvalue weighted by Crippen LogP contribution is -2.10. The van der Waals surface area contributed by atoms with Gasteiger partial charge in [-0.25, -0.2) is 4.68 Å². The van der Waals surface area contributed by atoms with E-state index >= 15 is 0 Å². The molecule has 0 bridgehead atoms. The summed E-state index contributed by atoms with van der Waals surface area (Å²) in [4.78, 5) is 12.7. The Balaban J connectivity index is 2.33. The number of nitrogens with zero attached hydrogens (tertiary/aromatic N) is 5. The second-order valence-corrected chi connectivity index (χ2v) is 4.68. The third-order valence-corrected chi connectivity index (χ3v) is 2.67. The van der Waals surface area contributed by atoms with Gasteiger partial charge in [0.15, 0.2) is 0 Å². The van der Waals surface area contributed by atoms with E-state index in [0.717, 1.165) is 12.1 Å². The minimum Gasteiger partial charge on any atom is -0.463 e. The molecule has 0 unspecified atom stereocenters. The SMILES string of the molecule is CCCOc1nc(NC)nc(-n2ccc(C(C)C)n2)n1. The molecule has 0 aromatic carbocycles. The third-order valence-electron chi connectivity index (χ3n) is 2.67. The average Bonchev–Trinajstić information content (AvgIpc) is 2.94. The van der Waals surface area contributed by atoms with Crippen LogP contribution in [0, 0.1) is 0 Å². The smallest absolute Gasteiger partial charge is 0.323 e. The molecular weight excluding hydrogens is 256 g/mol. The summed E-state index contributed by atoms with van der Waals surface area (Å²) in [5.41, 5.74) is 0.993. The van der Waals surface area contributed by atoms with Gasteiger partial charge in [-0.15, -0.1) is 0 Å². The second kappa shape index (κ2) is 6.31. The van der Waals surface area contributed by atoms with Crippen molar-refractivity contribution < 1.29 is 4.74 Å². The van der Waals surface area contributed by atoms with Crippen LogP contribution in [-0.4, -0.2) is 38.4 Å². The molecule has 1 N–H and O–H groups in total. The predicted molar refractivity (Wildman–Crippen MR) is 76.4 cm³/mol. The highest BCUT2D eigenvalue weighted by molar-refractivity contribution is 5.29. The average molecular weight is 276 g/mol. The lowest BCUT2D eigenvalue weighted by Gasteiger charge is -2.07. The van der Waals surface area contributed by atoms with Crippen LogP contribution in [0.4, 0.5) is 5.95 Å². The molecule has 0 amide bonds. The Hall–Kier alpha value is -2.18. The Morgan fingerprint density at radius 1 is 1.30 bits per heavy atom. The highest BCUT2D eigenvalue weighted by atomic mass is 16.5. The maximum absolute atomic E-state index is 5.47. The van der Waals surface area contributed by atoms with Crippen LogP contribution in [0.3, 0.4) is 0 Å². The van der Waals surface area contributed by atoms with Crippen molar-refractivity contribution >= 4 is 5.95 Å². The molecule has 0 aliphatic carbocycles. The second-order valence-electron chi connectivity index (χ2n) is 4.68. The molecule has 20 heavy (non-hydrogen) atoms. The van der Waals surface area contributed by atoms with Gasteiger partial charge in [0.05, 0.1) is 12.3 Å². The molecule has 2 rings (SSSR count). The fourth-order valence-corrected chi connectivity index (χ4v) is 1.58. The largest absolute Gasteiger partial charge is 0.463 e. The lowest BCUT2D eigenvalue weighted by atomic mass is 10.1. The van der Waals surface area contributed by atoms with Crippen LogP contribution in [0.2, 0.25) is 0 Å². The zero-order valence-electron chi connectivity index (χ0n) is 12.3. The monoisotopic (exact) mass is 276 g/mol. The molecule has 0 saturated carbocycles. The minimum absolute atomic E-state index is 0.308. The first-order valence-electron chi connectivity index (χ1n) is 6.76. The number of hydrogen-bond donors (Lipinski definition) is 1. The Morgan fingerprint density at radius 3 is 2.70 bits per heavy atom. The molecule has 0 fully saturated rings. The van der Waals surface area contributed by atoms with E-state index in [-0.39, 0.29) is 0 Å². The van der Waals surface area contributed by atoms with Gasteiger partial charge in [-0.05, 0) is 18.4 Å². The number of ether oxygens (including phenoxy) is 1. The van der Waals surface area contributed by atoms with E-state index in [2.05, 4.69) is 39.2 Å². The summed E-state index contributed by atoms with van der Waals surface area (Å²) in [7, 11) is 1.76. The summed E-state index contributed by atoms with van der Waals surface area (Å²) in [5, 5.41) is 7.36. The predicted octanol–water partition coefficient (Wildman–Crippen LogP) is 2.01. The highest BCUT2D eigenvalue weighted by Crippen LogP contribution is 2.14. The Morgan fingerprint density at radius 2 is 2.10 bits per heavy atom. The van der Waals surface area contributed by atoms with Crippen LogP contribution in [0.5, 0.6) is 6.01 Å². The molecule has 7 heteroatoms. The quantitative estimate of drug-likeness (QED) is 0.869. The van der Waals surface area contributed by atoms with Crippen LogP contribution in [0.1, 0.15) is 38.8 Å². The molecule has 0 saturated heterocycles. The summed E-state index contributed by atoms with van der Waals surface area (Å²) in [5.74, 6) is 1.27. The molecule has 7 nitrogen and oxygen atoms in total. The molecule has 108 valence electrons. The van der Waals surface area contributed by atoms with Crippen molar-refractivity contribution in [3.8, 4) is 12.0 Å². The fourth-order valence-electron chi connectivity index (χ4n) is 1.58. The molecule has 2 aromatic rings. The highest BCUT2D eigenvalue weighted by Gasteiger charge is 2.11. The van der Waals surface area contributed by atoms with Crippen LogP contribution >= 0.6 is 0 Å². The maximum atomic E-state index is 5.47.